The number of methoxy groups -OCH3 is 1. The summed E-state index contributed by atoms with van der Waals surface area (Å²) in [4.78, 5) is 0. The fourth-order valence-electron chi connectivity index (χ4n) is 1.68. The molecule has 0 saturated heterocycles. The summed E-state index contributed by atoms with van der Waals surface area (Å²) >= 11 is 4.58. The third-order valence-corrected chi connectivity index (χ3v) is 4.10. The molecule has 0 aliphatic heterocycles. The second-order valence-electron chi connectivity index (χ2n) is 5.04. The van der Waals surface area contributed by atoms with Crippen LogP contribution in [-0.2, 0) is 19.5 Å². The highest BCUT2D eigenvalue weighted by Crippen LogP contribution is 2.11. The molecule has 0 bridgehead atoms. The molecule has 2 N–H and O–H groups in total. The summed E-state index contributed by atoms with van der Waals surface area (Å²) in [7, 11) is -0.584. The van der Waals surface area contributed by atoms with Crippen LogP contribution in [0.3, 0.4) is 0 Å². The van der Waals surface area contributed by atoms with E-state index in [0.717, 1.165) is 19.3 Å². The van der Waals surface area contributed by atoms with Gasteiger partial charge >= 0.3 is 0 Å². The van der Waals surface area contributed by atoms with Crippen molar-refractivity contribution in [2.75, 3.05) is 14.2 Å². The zero-order valence-corrected chi connectivity index (χ0v) is 15.4. The summed E-state index contributed by atoms with van der Waals surface area (Å²) in [6, 6.07) is 0. The third-order valence-electron chi connectivity index (χ3n) is 2.74. The minimum absolute atomic E-state index is 0.188. The first-order valence-corrected chi connectivity index (χ1v) is 9.38. The lowest BCUT2D eigenvalue weighted by Crippen LogP contribution is -2.27. The number of nitrogens with two attached hydrogens (primary N) is 1. The van der Waals surface area contributed by atoms with Crippen LogP contribution in [0, 0.1) is 0 Å². The Balaban J connectivity index is 0. The molecule has 0 radical (unpaired) electrons. The number of unbranched alkanes of at least 4 members (excludes halogenated alkanes) is 6. The van der Waals surface area contributed by atoms with E-state index in [-0.39, 0.29) is 6.10 Å². The Bertz CT molecular complexity index is 345. The molecule has 128 valence electrons. The highest BCUT2D eigenvalue weighted by molar-refractivity contribution is 8.15. The molecule has 0 aliphatic carbocycles. The van der Waals surface area contributed by atoms with Gasteiger partial charge in [-0.2, -0.15) is 0 Å². The fourth-order valence-corrected chi connectivity index (χ4v) is 2.14. The Morgan fingerprint density at radius 3 is 1.95 bits per heavy atom. The number of rotatable bonds is 9. The van der Waals surface area contributed by atoms with Gasteiger partial charge in [-0.25, -0.2) is 13.6 Å². The zero-order chi connectivity index (χ0) is 16.7. The number of hydrogen-bond acceptors (Lipinski definition) is 5. The van der Waals surface area contributed by atoms with Gasteiger partial charge in [0.1, 0.15) is 0 Å². The van der Waals surface area contributed by atoms with E-state index in [2.05, 4.69) is 23.9 Å². The van der Waals surface area contributed by atoms with Crippen LogP contribution in [0.1, 0.15) is 65.2 Å². The summed E-state index contributed by atoms with van der Waals surface area (Å²) in [5.41, 5.74) is 0. The van der Waals surface area contributed by atoms with Crippen LogP contribution in [-0.4, -0.2) is 33.1 Å². The van der Waals surface area contributed by atoms with Crippen molar-refractivity contribution in [3.05, 3.63) is 0 Å². The van der Waals surface area contributed by atoms with Gasteiger partial charge in [0.25, 0.3) is 14.4 Å². The molecule has 1 atom stereocenters. The molecule has 0 aromatic heterocycles. The van der Waals surface area contributed by atoms with Gasteiger partial charge in [0.2, 0.25) is 0 Å². The lowest BCUT2D eigenvalue weighted by atomic mass is 10.1. The lowest BCUT2D eigenvalue weighted by Gasteiger charge is -2.13. The Labute approximate surface area is 135 Å². The molecule has 0 aliphatic rings. The van der Waals surface area contributed by atoms with Gasteiger partial charge in [-0.1, -0.05) is 45.4 Å². The van der Waals surface area contributed by atoms with Crippen molar-refractivity contribution in [3.63, 3.8) is 0 Å². The van der Waals surface area contributed by atoms with Gasteiger partial charge in [0.05, 0.1) is 6.10 Å². The minimum Gasteiger partial charge on any atom is -0.471 e. The number of ether oxygens (including phenoxy) is 2. The van der Waals surface area contributed by atoms with Crippen molar-refractivity contribution >= 4 is 26.6 Å². The van der Waals surface area contributed by atoms with E-state index in [1.165, 1.54) is 32.1 Å². The summed E-state index contributed by atoms with van der Waals surface area (Å²) in [5, 5.41) is 4.86. The maximum atomic E-state index is 10.9. The van der Waals surface area contributed by atoms with E-state index in [0.29, 0.717) is 0 Å². The number of thiocarbonyl (C=S) groups is 1. The first-order valence-electron chi connectivity index (χ1n) is 7.43. The number of primary sulfonamides is 1. The maximum absolute atomic E-state index is 10.9. The molecule has 0 aromatic rings. The second kappa shape index (κ2) is 14.7. The van der Waals surface area contributed by atoms with Crippen molar-refractivity contribution < 1.29 is 17.9 Å². The van der Waals surface area contributed by atoms with Crippen LogP contribution >= 0.6 is 12.2 Å². The Morgan fingerprint density at radius 2 is 1.52 bits per heavy atom. The maximum Gasteiger partial charge on any atom is 0.294 e. The average molecular weight is 342 g/mol. The molecule has 7 heteroatoms. The van der Waals surface area contributed by atoms with E-state index in [1.807, 2.05) is 6.92 Å². The molecule has 0 amide bonds. The summed E-state index contributed by atoms with van der Waals surface area (Å²) in [5.74, 6) is 0. The highest BCUT2D eigenvalue weighted by atomic mass is 32.2. The molecule has 1 unspecified atom stereocenters. The van der Waals surface area contributed by atoms with Crippen LogP contribution in [0.5, 0.6) is 0 Å². The Kier molecular flexibility index (Phi) is 16.1. The Morgan fingerprint density at radius 1 is 1.10 bits per heavy atom. The largest absolute Gasteiger partial charge is 0.471 e. The predicted molar refractivity (Wildman–Crippen MR) is 91.8 cm³/mol. The van der Waals surface area contributed by atoms with Crippen molar-refractivity contribution in [2.45, 2.75) is 71.3 Å². The fraction of sp³-hybridized carbons (Fsp3) is 0.929. The summed E-state index contributed by atoms with van der Waals surface area (Å²) in [6.45, 7) is 4.02. The van der Waals surface area contributed by atoms with Crippen molar-refractivity contribution in [1.82, 2.24) is 0 Å². The van der Waals surface area contributed by atoms with E-state index in [4.69, 9.17) is 9.88 Å². The van der Waals surface area contributed by atoms with Crippen LogP contribution in [0.4, 0.5) is 0 Å². The van der Waals surface area contributed by atoms with Gasteiger partial charge in [-0.15, -0.1) is 0 Å². The molecule has 0 fully saturated rings. The predicted octanol–water partition coefficient (Wildman–Crippen LogP) is 3.37. The van der Waals surface area contributed by atoms with Gasteiger partial charge in [-0.05, 0) is 32.0 Å². The first kappa shape index (κ1) is 23.0. The standard InChI is InChI=1S/C12H25NO3S2.C2H6O/c1-3-4-5-6-7-8-9-10-11(2)16-12(17)18(13,14)15;1-3-2/h11H,3-10H2,1-2H3,(H2,13,14,15);1-2H3. The second-order valence-corrected chi connectivity index (χ2v) is 7.13. The average Bonchev–Trinajstić information content (AvgIpc) is 2.37. The number of sulfonamides is 1. The molecule has 5 nitrogen and oxygen atoms in total. The van der Waals surface area contributed by atoms with Crippen molar-refractivity contribution in [2.24, 2.45) is 5.14 Å². The smallest absolute Gasteiger partial charge is 0.294 e. The zero-order valence-electron chi connectivity index (χ0n) is 13.8. The van der Waals surface area contributed by atoms with Gasteiger partial charge in [-0.3, -0.25) is 0 Å². The quantitative estimate of drug-likeness (QED) is 0.514. The third kappa shape index (κ3) is 17.7. The monoisotopic (exact) mass is 341 g/mol. The minimum atomic E-state index is -3.83. The molecule has 21 heavy (non-hydrogen) atoms. The molecule has 0 heterocycles. The molecule has 0 aromatic carbocycles. The van der Waals surface area contributed by atoms with Gasteiger partial charge < -0.3 is 9.47 Å². The van der Waals surface area contributed by atoms with E-state index >= 15 is 0 Å². The molecule has 0 rings (SSSR count). The van der Waals surface area contributed by atoms with Crippen LogP contribution < -0.4 is 5.14 Å². The topological polar surface area (TPSA) is 78.6 Å². The molecule has 0 spiro atoms. The number of hydrogen-bond donors (Lipinski definition) is 1. The van der Waals surface area contributed by atoms with Crippen molar-refractivity contribution in [3.8, 4) is 0 Å². The first-order chi connectivity index (χ1) is 9.79. The van der Waals surface area contributed by atoms with Crippen LogP contribution in [0.15, 0.2) is 0 Å². The van der Waals surface area contributed by atoms with Crippen molar-refractivity contribution in [1.29, 1.82) is 0 Å². The Hall–Kier alpha value is -0.240. The van der Waals surface area contributed by atoms with Gasteiger partial charge in [0, 0.05) is 14.2 Å². The van der Waals surface area contributed by atoms with Crippen LogP contribution in [0.25, 0.3) is 0 Å². The van der Waals surface area contributed by atoms with Crippen LogP contribution in [0.2, 0.25) is 0 Å². The van der Waals surface area contributed by atoms with Gasteiger partial charge in [0.15, 0.2) is 0 Å². The normalized spacial score (nSPS) is 12.2. The van der Waals surface area contributed by atoms with E-state index in [1.54, 1.807) is 14.2 Å². The molecule has 0 saturated carbocycles. The van der Waals surface area contributed by atoms with E-state index < -0.39 is 14.4 Å². The highest BCUT2D eigenvalue weighted by Gasteiger charge is 2.16. The summed E-state index contributed by atoms with van der Waals surface area (Å²) < 4.78 is 30.5. The summed E-state index contributed by atoms with van der Waals surface area (Å²) in [6.07, 6.45) is 9.18. The van der Waals surface area contributed by atoms with E-state index in [9.17, 15) is 8.42 Å². The molecular weight excluding hydrogens is 310 g/mol. The molecular formula is C14H31NO4S2. The lowest BCUT2D eigenvalue weighted by molar-refractivity contribution is 0.204. The SMILES string of the molecule is CCCCCCCCCC(C)OC(=S)S(N)(=O)=O.COC.